The molecule has 21 heavy (non-hydrogen) atoms. The average Bonchev–Trinajstić information content (AvgIpc) is 3.04. The van der Waals surface area contributed by atoms with Gasteiger partial charge in [0.05, 0.1) is 12.3 Å². The molecule has 1 N–H and O–H groups in total. The van der Waals surface area contributed by atoms with Gasteiger partial charge < -0.3 is 10.1 Å². The van der Waals surface area contributed by atoms with Crippen LogP contribution in [0.3, 0.4) is 0 Å². The number of aromatic nitrogens is 2. The Labute approximate surface area is 126 Å². The van der Waals surface area contributed by atoms with Crippen molar-refractivity contribution in [3.05, 3.63) is 41.2 Å². The van der Waals surface area contributed by atoms with Crippen molar-refractivity contribution in [1.29, 1.82) is 0 Å². The molecule has 0 amide bonds. The quantitative estimate of drug-likeness (QED) is 0.917. The van der Waals surface area contributed by atoms with E-state index in [1.807, 2.05) is 6.92 Å². The van der Waals surface area contributed by atoms with E-state index in [0.29, 0.717) is 6.61 Å². The summed E-state index contributed by atoms with van der Waals surface area (Å²) in [6, 6.07) is 6.98. The average molecular weight is 285 g/mol. The molecule has 3 rings (SSSR count). The monoisotopic (exact) mass is 285 g/mol. The maximum Gasteiger partial charge on any atom is 0.208 e. The number of imidazole rings is 1. The van der Waals surface area contributed by atoms with Gasteiger partial charge in [-0.05, 0) is 56.4 Å². The number of nitrogens with one attached hydrogen (secondary N) is 1. The van der Waals surface area contributed by atoms with Crippen molar-refractivity contribution in [2.45, 2.75) is 39.2 Å². The molecule has 1 unspecified atom stereocenters. The van der Waals surface area contributed by atoms with E-state index in [4.69, 9.17) is 4.74 Å². The van der Waals surface area contributed by atoms with Crippen LogP contribution in [0.1, 0.15) is 30.2 Å². The smallest absolute Gasteiger partial charge is 0.208 e. The Kier molecular flexibility index (Phi) is 3.97. The van der Waals surface area contributed by atoms with Crippen molar-refractivity contribution < 1.29 is 4.74 Å². The van der Waals surface area contributed by atoms with Crippen LogP contribution in [0, 0.1) is 6.92 Å². The third kappa shape index (κ3) is 2.95. The first-order chi connectivity index (χ1) is 10.2. The Morgan fingerprint density at radius 1 is 1.33 bits per heavy atom. The minimum absolute atomic E-state index is 0.227. The third-order valence-electron chi connectivity index (χ3n) is 3.98. The highest BCUT2D eigenvalue weighted by Crippen LogP contribution is 2.26. The fourth-order valence-corrected chi connectivity index (χ4v) is 3.02. The number of anilines is 1. The van der Waals surface area contributed by atoms with Crippen molar-refractivity contribution in [3.63, 3.8) is 0 Å². The fourth-order valence-electron chi connectivity index (χ4n) is 3.02. The van der Waals surface area contributed by atoms with Crippen LogP contribution < -0.4 is 5.32 Å². The van der Waals surface area contributed by atoms with E-state index >= 15 is 0 Å². The minimum atomic E-state index is 0.227. The van der Waals surface area contributed by atoms with Gasteiger partial charge in [0.15, 0.2) is 0 Å². The largest absolute Gasteiger partial charge is 0.383 e. The summed E-state index contributed by atoms with van der Waals surface area (Å²) in [6.45, 7) is 4.78. The van der Waals surface area contributed by atoms with Crippen LogP contribution in [-0.4, -0.2) is 29.3 Å². The summed E-state index contributed by atoms with van der Waals surface area (Å²) in [5.41, 5.74) is 5.18. The van der Waals surface area contributed by atoms with Gasteiger partial charge in [0.1, 0.15) is 0 Å². The van der Waals surface area contributed by atoms with E-state index < -0.39 is 0 Å². The van der Waals surface area contributed by atoms with Crippen LogP contribution in [0.25, 0.3) is 5.69 Å². The predicted octanol–water partition coefficient (Wildman–Crippen LogP) is 3.12. The van der Waals surface area contributed by atoms with Gasteiger partial charge in [-0.3, -0.25) is 4.57 Å². The van der Waals surface area contributed by atoms with Gasteiger partial charge >= 0.3 is 0 Å². The number of aryl methyl sites for hydroxylation is 3. The Morgan fingerprint density at radius 2 is 2.14 bits per heavy atom. The minimum Gasteiger partial charge on any atom is -0.383 e. The first-order valence-corrected chi connectivity index (χ1v) is 7.61. The van der Waals surface area contributed by atoms with Gasteiger partial charge in [0.2, 0.25) is 5.95 Å². The molecule has 112 valence electrons. The Morgan fingerprint density at radius 3 is 2.95 bits per heavy atom. The zero-order valence-electron chi connectivity index (χ0n) is 13.0. The summed E-state index contributed by atoms with van der Waals surface area (Å²) >= 11 is 0. The lowest BCUT2D eigenvalue weighted by Crippen LogP contribution is -2.22. The van der Waals surface area contributed by atoms with E-state index in [-0.39, 0.29) is 6.04 Å². The number of hydrogen-bond donors (Lipinski definition) is 1. The molecular weight excluding hydrogens is 262 g/mol. The molecule has 0 aliphatic heterocycles. The molecule has 1 aromatic carbocycles. The SMILES string of the molecule is COCC(C)Nc1nc(C)cn1-c1ccc2c(c1)CCC2. The van der Waals surface area contributed by atoms with Crippen LogP contribution in [0.4, 0.5) is 5.95 Å². The first kappa shape index (κ1) is 14.1. The number of hydrogen-bond acceptors (Lipinski definition) is 3. The molecule has 1 aliphatic rings. The van der Waals surface area contributed by atoms with E-state index in [1.165, 1.54) is 36.1 Å². The molecule has 1 aromatic heterocycles. The van der Waals surface area contributed by atoms with Gasteiger partial charge in [-0.1, -0.05) is 6.07 Å². The Hall–Kier alpha value is -1.81. The highest BCUT2D eigenvalue weighted by molar-refractivity contribution is 5.48. The second-order valence-corrected chi connectivity index (χ2v) is 5.88. The Balaban J connectivity index is 1.91. The molecule has 0 radical (unpaired) electrons. The molecule has 0 saturated carbocycles. The molecule has 0 fully saturated rings. The zero-order valence-corrected chi connectivity index (χ0v) is 13.0. The van der Waals surface area contributed by atoms with Crippen molar-refractivity contribution >= 4 is 5.95 Å². The molecule has 1 heterocycles. The topological polar surface area (TPSA) is 39.1 Å². The number of nitrogens with zero attached hydrogens (tertiary/aromatic N) is 2. The molecule has 0 saturated heterocycles. The lowest BCUT2D eigenvalue weighted by molar-refractivity contribution is 0.190. The van der Waals surface area contributed by atoms with Crippen LogP contribution >= 0.6 is 0 Å². The second kappa shape index (κ2) is 5.90. The predicted molar refractivity (Wildman–Crippen MR) is 85.3 cm³/mol. The van der Waals surface area contributed by atoms with E-state index in [1.54, 1.807) is 7.11 Å². The number of methoxy groups -OCH3 is 1. The summed E-state index contributed by atoms with van der Waals surface area (Å²) in [5.74, 6) is 0.884. The Bertz CT molecular complexity index is 633. The van der Waals surface area contributed by atoms with Crippen LogP contribution in [-0.2, 0) is 17.6 Å². The molecular formula is C17H23N3O. The summed E-state index contributed by atoms with van der Waals surface area (Å²) in [5, 5.41) is 3.43. The highest BCUT2D eigenvalue weighted by Gasteiger charge is 2.14. The van der Waals surface area contributed by atoms with Gasteiger partial charge in [0.25, 0.3) is 0 Å². The standard InChI is InChI=1S/C17H23N3O/c1-12-10-20(17(18-12)19-13(2)11-21-3)16-8-7-14-5-4-6-15(14)9-16/h7-10,13H,4-6,11H2,1-3H3,(H,18,19). The summed E-state index contributed by atoms with van der Waals surface area (Å²) in [7, 11) is 1.72. The summed E-state index contributed by atoms with van der Waals surface area (Å²) in [6.07, 6.45) is 5.77. The summed E-state index contributed by atoms with van der Waals surface area (Å²) < 4.78 is 7.33. The van der Waals surface area contributed by atoms with Gasteiger partial charge in [-0.25, -0.2) is 4.98 Å². The maximum absolute atomic E-state index is 5.19. The lowest BCUT2D eigenvalue weighted by Gasteiger charge is -2.15. The normalized spacial score (nSPS) is 15.0. The van der Waals surface area contributed by atoms with Crippen LogP contribution in [0.2, 0.25) is 0 Å². The first-order valence-electron chi connectivity index (χ1n) is 7.61. The molecule has 1 atom stereocenters. The van der Waals surface area contributed by atoms with Gasteiger partial charge in [-0.15, -0.1) is 0 Å². The number of rotatable bonds is 5. The molecule has 4 heteroatoms. The van der Waals surface area contributed by atoms with Crippen molar-refractivity contribution in [1.82, 2.24) is 9.55 Å². The highest BCUT2D eigenvalue weighted by atomic mass is 16.5. The molecule has 1 aliphatic carbocycles. The van der Waals surface area contributed by atoms with E-state index in [2.05, 4.69) is 46.2 Å². The van der Waals surface area contributed by atoms with E-state index in [0.717, 1.165) is 11.6 Å². The maximum atomic E-state index is 5.19. The van der Waals surface area contributed by atoms with Gasteiger partial charge in [0, 0.05) is 25.0 Å². The number of benzene rings is 1. The zero-order chi connectivity index (χ0) is 14.8. The number of fused-ring (bicyclic) bond motifs is 1. The second-order valence-electron chi connectivity index (χ2n) is 5.88. The molecule has 0 bridgehead atoms. The van der Waals surface area contributed by atoms with E-state index in [9.17, 15) is 0 Å². The molecule has 2 aromatic rings. The van der Waals surface area contributed by atoms with Crippen LogP contribution in [0.5, 0.6) is 0 Å². The molecule has 4 nitrogen and oxygen atoms in total. The van der Waals surface area contributed by atoms with Crippen molar-refractivity contribution in [3.8, 4) is 5.69 Å². The van der Waals surface area contributed by atoms with Crippen molar-refractivity contribution in [2.24, 2.45) is 0 Å². The van der Waals surface area contributed by atoms with Crippen LogP contribution in [0.15, 0.2) is 24.4 Å². The summed E-state index contributed by atoms with van der Waals surface area (Å²) in [4.78, 5) is 4.60. The lowest BCUT2D eigenvalue weighted by atomic mass is 10.1. The molecule has 0 spiro atoms. The fraction of sp³-hybridized carbons (Fsp3) is 0.471. The van der Waals surface area contributed by atoms with Gasteiger partial charge in [-0.2, -0.15) is 0 Å². The van der Waals surface area contributed by atoms with Crippen molar-refractivity contribution in [2.75, 3.05) is 19.0 Å². The third-order valence-corrected chi connectivity index (χ3v) is 3.98. The number of ether oxygens (including phenoxy) is 1.